The van der Waals surface area contributed by atoms with Crippen LogP contribution in [0, 0.1) is 0 Å². The minimum atomic E-state index is -0.455. The van der Waals surface area contributed by atoms with Gasteiger partial charge in [-0.05, 0) is 29.9 Å². The van der Waals surface area contributed by atoms with Crippen LogP contribution in [0.15, 0.2) is 52.3 Å². The van der Waals surface area contributed by atoms with Crippen LogP contribution < -0.4 is 5.32 Å². The van der Waals surface area contributed by atoms with Gasteiger partial charge in [0.2, 0.25) is 11.8 Å². The van der Waals surface area contributed by atoms with Crippen LogP contribution in [0.4, 0.5) is 0 Å². The molecule has 0 bridgehead atoms. The summed E-state index contributed by atoms with van der Waals surface area (Å²) in [5, 5.41) is 13.5. The summed E-state index contributed by atoms with van der Waals surface area (Å²) in [5.74, 6) is 0.970. The maximum Gasteiger partial charge on any atom is 0.257 e. The third kappa shape index (κ3) is 5.09. The highest BCUT2D eigenvalue weighted by Gasteiger charge is 2.33. The van der Waals surface area contributed by atoms with Crippen molar-refractivity contribution in [2.75, 3.05) is 20.3 Å². The normalized spacial score (nSPS) is 14.8. The molecule has 4 rings (SSSR count). The number of nitrogens with one attached hydrogen (secondary N) is 1. The summed E-state index contributed by atoms with van der Waals surface area (Å²) in [6.45, 7) is 1.41. The van der Waals surface area contributed by atoms with Crippen molar-refractivity contribution in [1.29, 1.82) is 0 Å². The molecule has 3 aromatic rings. The Morgan fingerprint density at radius 1 is 1.28 bits per heavy atom. The second-order valence-electron chi connectivity index (χ2n) is 7.04. The molecule has 1 atom stereocenters. The van der Waals surface area contributed by atoms with Gasteiger partial charge in [0.05, 0.1) is 18.0 Å². The monoisotopic (exact) mass is 412 g/mol. The number of rotatable bonds is 10. The number of ether oxygens (including phenoxy) is 1. The predicted octanol–water partition coefficient (Wildman–Crippen LogP) is 3.27. The van der Waals surface area contributed by atoms with Crippen molar-refractivity contribution in [2.45, 2.75) is 31.5 Å². The van der Waals surface area contributed by atoms with Gasteiger partial charge in [-0.1, -0.05) is 36.4 Å². The van der Waals surface area contributed by atoms with Crippen LogP contribution in [0.1, 0.15) is 30.3 Å². The van der Waals surface area contributed by atoms with E-state index in [0.29, 0.717) is 31.5 Å². The minimum Gasteiger partial charge on any atom is -0.419 e. The number of benzene rings is 1. The zero-order valence-corrected chi connectivity index (χ0v) is 17.1. The van der Waals surface area contributed by atoms with E-state index in [1.807, 2.05) is 52.7 Å². The minimum absolute atomic E-state index is 0.00667. The number of thiophene rings is 1. The molecule has 0 aliphatic heterocycles. The SMILES string of the molecule is COCCN(Cc1nnc(-c2cccs2)o1)[C@@H](C(=O)NC1CC1)c1ccccc1. The second-order valence-corrected chi connectivity index (χ2v) is 7.99. The molecule has 152 valence electrons. The van der Waals surface area contributed by atoms with Crippen molar-refractivity contribution in [3.05, 3.63) is 59.3 Å². The van der Waals surface area contributed by atoms with Gasteiger partial charge in [-0.3, -0.25) is 9.69 Å². The predicted molar refractivity (Wildman–Crippen MR) is 110 cm³/mol. The number of carbonyl (C=O) groups is 1. The molecule has 7 nitrogen and oxygen atoms in total. The van der Waals surface area contributed by atoms with Crippen LogP contribution in [0.25, 0.3) is 10.8 Å². The van der Waals surface area contributed by atoms with E-state index >= 15 is 0 Å². The van der Waals surface area contributed by atoms with Gasteiger partial charge in [0, 0.05) is 19.7 Å². The first-order chi connectivity index (χ1) is 14.2. The fourth-order valence-electron chi connectivity index (χ4n) is 3.17. The second kappa shape index (κ2) is 9.30. The summed E-state index contributed by atoms with van der Waals surface area (Å²) in [5.41, 5.74) is 0.930. The molecule has 1 N–H and O–H groups in total. The van der Waals surface area contributed by atoms with Gasteiger partial charge in [-0.25, -0.2) is 0 Å². The van der Waals surface area contributed by atoms with E-state index < -0.39 is 6.04 Å². The lowest BCUT2D eigenvalue weighted by Gasteiger charge is -2.30. The van der Waals surface area contributed by atoms with Crippen LogP contribution in [-0.2, 0) is 16.1 Å². The molecule has 2 aromatic heterocycles. The Morgan fingerprint density at radius 3 is 2.79 bits per heavy atom. The Bertz CT molecular complexity index is 909. The van der Waals surface area contributed by atoms with Gasteiger partial charge in [-0.15, -0.1) is 21.5 Å². The Morgan fingerprint density at radius 2 is 2.10 bits per heavy atom. The summed E-state index contributed by atoms with van der Waals surface area (Å²) < 4.78 is 11.2. The molecule has 2 heterocycles. The summed E-state index contributed by atoms with van der Waals surface area (Å²) in [6.07, 6.45) is 2.08. The topological polar surface area (TPSA) is 80.5 Å². The Kier molecular flexibility index (Phi) is 6.33. The lowest BCUT2D eigenvalue weighted by atomic mass is 10.0. The fourth-order valence-corrected chi connectivity index (χ4v) is 3.81. The van der Waals surface area contributed by atoms with Crippen LogP contribution in [0.2, 0.25) is 0 Å². The standard InChI is InChI=1S/C21H24N4O3S/c1-27-12-11-25(14-18-23-24-21(28-18)17-8-5-13-29-17)19(15-6-3-2-4-7-15)20(26)22-16-9-10-16/h2-8,13,16,19H,9-12,14H2,1H3,(H,22,26)/t19-/m1/s1. The van der Waals surface area contributed by atoms with Gasteiger partial charge >= 0.3 is 0 Å². The van der Waals surface area contributed by atoms with Crippen LogP contribution in [0.3, 0.4) is 0 Å². The summed E-state index contributed by atoms with van der Waals surface area (Å²) >= 11 is 1.55. The Balaban J connectivity index is 1.58. The zero-order valence-electron chi connectivity index (χ0n) is 16.3. The Hall–Kier alpha value is -2.55. The molecule has 0 unspecified atom stereocenters. The summed E-state index contributed by atoms with van der Waals surface area (Å²) in [7, 11) is 1.65. The molecule has 0 spiro atoms. The molecule has 8 heteroatoms. The van der Waals surface area contributed by atoms with Gasteiger partial charge in [0.25, 0.3) is 5.89 Å². The summed E-state index contributed by atoms with van der Waals surface area (Å²) in [6, 6.07) is 13.5. The maximum absolute atomic E-state index is 13.1. The number of hydrogen-bond donors (Lipinski definition) is 1. The van der Waals surface area contributed by atoms with E-state index in [-0.39, 0.29) is 11.9 Å². The average Bonchev–Trinajstić information content (AvgIpc) is 3.20. The van der Waals surface area contributed by atoms with Crippen molar-refractivity contribution in [3.8, 4) is 10.8 Å². The van der Waals surface area contributed by atoms with Crippen molar-refractivity contribution < 1.29 is 13.9 Å². The molecular formula is C21H24N4O3S. The highest BCUT2D eigenvalue weighted by molar-refractivity contribution is 7.13. The molecule has 0 radical (unpaired) electrons. The Labute approximate surface area is 173 Å². The van der Waals surface area contributed by atoms with Gasteiger partial charge in [-0.2, -0.15) is 0 Å². The van der Waals surface area contributed by atoms with Gasteiger partial charge in [0.1, 0.15) is 6.04 Å². The molecule has 1 aliphatic rings. The van der Waals surface area contributed by atoms with Crippen LogP contribution in [0.5, 0.6) is 0 Å². The number of hydrogen-bond acceptors (Lipinski definition) is 7. The molecular weight excluding hydrogens is 388 g/mol. The summed E-state index contributed by atoms with van der Waals surface area (Å²) in [4.78, 5) is 16.1. The van der Waals surface area contributed by atoms with Gasteiger partial charge < -0.3 is 14.5 Å². The van der Waals surface area contributed by atoms with E-state index in [4.69, 9.17) is 9.15 Å². The largest absolute Gasteiger partial charge is 0.419 e. The average molecular weight is 413 g/mol. The number of amides is 1. The zero-order chi connectivity index (χ0) is 20.1. The van der Waals surface area contributed by atoms with Crippen molar-refractivity contribution in [2.24, 2.45) is 0 Å². The fraction of sp³-hybridized carbons (Fsp3) is 0.381. The van der Waals surface area contributed by atoms with E-state index in [2.05, 4.69) is 15.5 Å². The van der Waals surface area contributed by atoms with E-state index in [1.165, 1.54) is 0 Å². The third-order valence-electron chi connectivity index (χ3n) is 4.77. The molecule has 0 saturated heterocycles. The van der Waals surface area contributed by atoms with Crippen LogP contribution >= 0.6 is 11.3 Å². The first kappa shape index (κ1) is 19.8. The molecule has 1 amide bonds. The third-order valence-corrected chi connectivity index (χ3v) is 5.63. The smallest absolute Gasteiger partial charge is 0.257 e. The van der Waals surface area contributed by atoms with Gasteiger partial charge in [0.15, 0.2) is 0 Å². The number of methoxy groups -OCH3 is 1. The van der Waals surface area contributed by atoms with E-state index in [0.717, 1.165) is 23.3 Å². The molecule has 29 heavy (non-hydrogen) atoms. The van der Waals surface area contributed by atoms with Crippen LogP contribution in [-0.4, -0.2) is 47.3 Å². The molecule has 1 aliphatic carbocycles. The molecule has 1 saturated carbocycles. The first-order valence-electron chi connectivity index (χ1n) is 9.69. The highest BCUT2D eigenvalue weighted by Crippen LogP contribution is 2.28. The lowest BCUT2D eigenvalue weighted by molar-refractivity contribution is -0.127. The van der Waals surface area contributed by atoms with Crippen molar-refractivity contribution >= 4 is 17.2 Å². The number of carbonyl (C=O) groups excluding carboxylic acids is 1. The number of aromatic nitrogens is 2. The maximum atomic E-state index is 13.1. The lowest BCUT2D eigenvalue weighted by Crippen LogP contribution is -2.42. The molecule has 1 aromatic carbocycles. The van der Waals surface area contributed by atoms with Crippen molar-refractivity contribution in [1.82, 2.24) is 20.4 Å². The van der Waals surface area contributed by atoms with Crippen molar-refractivity contribution in [3.63, 3.8) is 0 Å². The highest BCUT2D eigenvalue weighted by atomic mass is 32.1. The molecule has 1 fully saturated rings. The number of nitrogens with zero attached hydrogens (tertiary/aromatic N) is 3. The van der Waals surface area contributed by atoms with E-state index in [9.17, 15) is 4.79 Å². The quantitative estimate of drug-likeness (QED) is 0.551. The first-order valence-corrected chi connectivity index (χ1v) is 10.6. The van der Waals surface area contributed by atoms with E-state index in [1.54, 1.807) is 18.4 Å².